The lowest BCUT2D eigenvalue weighted by Crippen LogP contribution is -2.50. The highest BCUT2D eigenvalue weighted by Gasteiger charge is 2.29. The first-order valence-corrected chi connectivity index (χ1v) is 8.49. The molecule has 130 valence electrons. The summed E-state index contributed by atoms with van der Waals surface area (Å²) in [7, 11) is 0. The molecular formula is C17H22ClN3O3. The third-order valence-corrected chi connectivity index (χ3v) is 4.36. The molecular weight excluding hydrogens is 330 g/mol. The van der Waals surface area contributed by atoms with Crippen molar-refractivity contribution in [1.82, 2.24) is 10.2 Å². The maximum Gasteiger partial charge on any atom is 0.251 e. The number of amides is 3. The summed E-state index contributed by atoms with van der Waals surface area (Å²) in [5, 5.41) is 3.34. The number of carbonyl (C=O) groups excluding carboxylic acids is 3. The van der Waals surface area contributed by atoms with Crippen LogP contribution in [-0.2, 0) is 9.59 Å². The van der Waals surface area contributed by atoms with E-state index in [-0.39, 0.29) is 18.2 Å². The Morgan fingerprint density at radius 2 is 1.92 bits per heavy atom. The molecule has 0 aliphatic carbocycles. The van der Waals surface area contributed by atoms with Gasteiger partial charge in [0.25, 0.3) is 5.91 Å². The summed E-state index contributed by atoms with van der Waals surface area (Å²) >= 11 is 5.78. The molecule has 1 aromatic carbocycles. The van der Waals surface area contributed by atoms with Crippen LogP contribution in [0.4, 0.5) is 0 Å². The highest BCUT2D eigenvalue weighted by molar-refractivity contribution is 6.30. The van der Waals surface area contributed by atoms with E-state index in [1.165, 1.54) is 0 Å². The Morgan fingerprint density at radius 1 is 1.21 bits per heavy atom. The first-order valence-electron chi connectivity index (χ1n) is 8.11. The number of hydrogen-bond acceptors (Lipinski definition) is 3. The third kappa shape index (κ3) is 4.96. The second-order valence-electron chi connectivity index (χ2n) is 5.87. The van der Waals surface area contributed by atoms with Gasteiger partial charge in [0.1, 0.15) is 6.04 Å². The van der Waals surface area contributed by atoms with E-state index >= 15 is 0 Å². The fraction of sp³-hybridized carbons (Fsp3) is 0.471. The predicted octanol–water partition coefficient (Wildman–Crippen LogP) is 1.72. The van der Waals surface area contributed by atoms with Crippen LogP contribution < -0.4 is 11.1 Å². The highest BCUT2D eigenvalue weighted by atomic mass is 35.5. The van der Waals surface area contributed by atoms with Crippen molar-refractivity contribution >= 4 is 29.3 Å². The minimum Gasteiger partial charge on any atom is -0.368 e. The second-order valence-corrected chi connectivity index (χ2v) is 6.30. The van der Waals surface area contributed by atoms with Crippen molar-refractivity contribution in [2.45, 2.75) is 38.1 Å². The van der Waals surface area contributed by atoms with Crippen molar-refractivity contribution in [3.05, 3.63) is 34.9 Å². The molecule has 1 aromatic rings. The van der Waals surface area contributed by atoms with E-state index in [4.69, 9.17) is 17.3 Å². The van der Waals surface area contributed by atoms with Gasteiger partial charge in [0.15, 0.2) is 0 Å². The Labute approximate surface area is 146 Å². The molecule has 7 heteroatoms. The van der Waals surface area contributed by atoms with Gasteiger partial charge in [0, 0.05) is 30.1 Å². The smallest absolute Gasteiger partial charge is 0.251 e. The molecule has 1 aliphatic heterocycles. The maximum atomic E-state index is 12.3. The standard InChI is InChI=1S/C17H22ClN3O3/c18-13-8-6-12(7-9-13)17(24)20-10-3-5-15(22)21-11-2-1-4-14(21)16(19)23/h6-9,14H,1-5,10-11H2,(H2,19,23)(H,20,24). The van der Waals surface area contributed by atoms with Gasteiger partial charge in [-0.3, -0.25) is 14.4 Å². The van der Waals surface area contributed by atoms with E-state index < -0.39 is 11.9 Å². The summed E-state index contributed by atoms with van der Waals surface area (Å²) in [5.41, 5.74) is 5.89. The SMILES string of the molecule is NC(=O)C1CCCCN1C(=O)CCCNC(=O)c1ccc(Cl)cc1. The number of nitrogens with one attached hydrogen (secondary N) is 1. The molecule has 1 saturated heterocycles. The summed E-state index contributed by atoms with van der Waals surface area (Å²) in [6, 6.07) is 6.11. The van der Waals surface area contributed by atoms with E-state index in [2.05, 4.69) is 5.32 Å². The van der Waals surface area contributed by atoms with E-state index in [0.717, 1.165) is 12.8 Å². The molecule has 24 heavy (non-hydrogen) atoms. The van der Waals surface area contributed by atoms with Crippen molar-refractivity contribution in [3.63, 3.8) is 0 Å². The Kier molecular flexibility index (Phi) is 6.61. The highest BCUT2D eigenvalue weighted by Crippen LogP contribution is 2.18. The first kappa shape index (κ1) is 18.3. The zero-order valence-electron chi connectivity index (χ0n) is 13.5. The van der Waals surface area contributed by atoms with Crippen LogP contribution in [0, 0.1) is 0 Å². The first-order chi connectivity index (χ1) is 11.5. The molecule has 1 atom stereocenters. The van der Waals surface area contributed by atoms with Crippen molar-refractivity contribution < 1.29 is 14.4 Å². The molecule has 0 saturated carbocycles. The third-order valence-electron chi connectivity index (χ3n) is 4.11. The molecule has 3 amide bonds. The molecule has 3 N–H and O–H groups in total. The number of carbonyl (C=O) groups is 3. The average Bonchev–Trinajstić information content (AvgIpc) is 2.58. The van der Waals surface area contributed by atoms with Gasteiger partial charge in [0.05, 0.1) is 0 Å². The number of nitrogens with zero attached hydrogens (tertiary/aromatic N) is 1. The average molecular weight is 352 g/mol. The Hall–Kier alpha value is -2.08. The zero-order chi connectivity index (χ0) is 17.5. The molecule has 1 aliphatic rings. The Balaban J connectivity index is 1.75. The molecule has 1 heterocycles. The predicted molar refractivity (Wildman–Crippen MR) is 91.6 cm³/mol. The normalized spacial score (nSPS) is 17.4. The van der Waals surface area contributed by atoms with Crippen LogP contribution in [0.15, 0.2) is 24.3 Å². The molecule has 0 aromatic heterocycles. The second kappa shape index (κ2) is 8.68. The molecule has 6 nitrogen and oxygen atoms in total. The number of hydrogen-bond donors (Lipinski definition) is 2. The van der Waals surface area contributed by atoms with E-state index in [1.807, 2.05) is 0 Å². The fourth-order valence-electron chi connectivity index (χ4n) is 2.81. The largest absolute Gasteiger partial charge is 0.368 e. The topological polar surface area (TPSA) is 92.5 Å². The van der Waals surface area contributed by atoms with Crippen molar-refractivity contribution in [2.24, 2.45) is 5.73 Å². The van der Waals surface area contributed by atoms with Gasteiger partial charge in [-0.2, -0.15) is 0 Å². The zero-order valence-corrected chi connectivity index (χ0v) is 14.2. The number of likely N-dealkylation sites (tertiary alicyclic amines) is 1. The van der Waals surface area contributed by atoms with E-state index in [1.54, 1.807) is 29.2 Å². The van der Waals surface area contributed by atoms with Crippen molar-refractivity contribution in [3.8, 4) is 0 Å². The van der Waals surface area contributed by atoms with Gasteiger partial charge in [-0.05, 0) is 49.9 Å². The van der Waals surface area contributed by atoms with Crippen LogP contribution in [0.25, 0.3) is 0 Å². The van der Waals surface area contributed by atoms with Crippen LogP contribution >= 0.6 is 11.6 Å². The fourth-order valence-corrected chi connectivity index (χ4v) is 2.94. The summed E-state index contributed by atoms with van der Waals surface area (Å²) in [6.07, 6.45) is 3.23. The molecule has 0 radical (unpaired) electrons. The van der Waals surface area contributed by atoms with Gasteiger partial charge < -0.3 is 16.0 Å². The summed E-state index contributed by atoms with van der Waals surface area (Å²) in [5.74, 6) is -0.731. The summed E-state index contributed by atoms with van der Waals surface area (Å²) in [4.78, 5) is 37.2. The van der Waals surface area contributed by atoms with Crippen LogP contribution in [0.1, 0.15) is 42.5 Å². The van der Waals surface area contributed by atoms with Crippen LogP contribution in [0.5, 0.6) is 0 Å². The van der Waals surface area contributed by atoms with Gasteiger partial charge in [-0.25, -0.2) is 0 Å². The number of rotatable bonds is 6. The Bertz CT molecular complexity index is 604. The molecule has 0 spiro atoms. The van der Waals surface area contributed by atoms with E-state index in [0.29, 0.717) is 36.5 Å². The lowest BCUT2D eigenvalue weighted by atomic mass is 10.0. The van der Waals surface area contributed by atoms with Crippen LogP contribution in [0.2, 0.25) is 5.02 Å². The van der Waals surface area contributed by atoms with Crippen LogP contribution in [0.3, 0.4) is 0 Å². The monoisotopic (exact) mass is 351 g/mol. The van der Waals surface area contributed by atoms with Crippen molar-refractivity contribution in [1.29, 1.82) is 0 Å². The maximum absolute atomic E-state index is 12.3. The number of halogens is 1. The Morgan fingerprint density at radius 3 is 2.58 bits per heavy atom. The number of benzene rings is 1. The minimum atomic E-state index is -0.491. The lowest BCUT2D eigenvalue weighted by Gasteiger charge is -2.33. The van der Waals surface area contributed by atoms with Crippen molar-refractivity contribution in [2.75, 3.05) is 13.1 Å². The van der Waals surface area contributed by atoms with Gasteiger partial charge in [0.2, 0.25) is 11.8 Å². The molecule has 1 unspecified atom stereocenters. The van der Waals surface area contributed by atoms with Gasteiger partial charge >= 0.3 is 0 Å². The number of primary amides is 1. The lowest BCUT2D eigenvalue weighted by molar-refractivity contribution is -0.141. The molecule has 0 bridgehead atoms. The van der Waals surface area contributed by atoms with E-state index in [9.17, 15) is 14.4 Å². The molecule has 2 rings (SSSR count). The van der Waals surface area contributed by atoms with Crippen LogP contribution in [-0.4, -0.2) is 41.8 Å². The van der Waals surface area contributed by atoms with Gasteiger partial charge in [-0.15, -0.1) is 0 Å². The minimum absolute atomic E-state index is 0.0840. The molecule has 1 fully saturated rings. The summed E-state index contributed by atoms with van der Waals surface area (Å²) in [6.45, 7) is 0.964. The van der Waals surface area contributed by atoms with Gasteiger partial charge in [-0.1, -0.05) is 11.6 Å². The number of piperidine rings is 1. The quantitative estimate of drug-likeness (QED) is 0.764. The number of nitrogens with two attached hydrogens (primary N) is 1. The summed E-state index contributed by atoms with van der Waals surface area (Å²) < 4.78 is 0.